The minimum atomic E-state index is -3.83. The molecule has 194 valence electrons. The summed E-state index contributed by atoms with van der Waals surface area (Å²) in [5, 5.41) is 4.36. The van der Waals surface area contributed by atoms with Gasteiger partial charge in [0.25, 0.3) is 15.6 Å². The molecule has 1 fully saturated rings. The molecule has 12 heteroatoms. The van der Waals surface area contributed by atoms with Crippen molar-refractivity contribution >= 4 is 31.6 Å². The van der Waals surface area contributed by atoms with Gasteiger partial charge in [-0.1, -0.05) is 18.2 Å². The predicted octanol–water partition coefficient (Wildman–Crippen LogP) is 1.83. The minimum absolute atomic E-state index is 0.0376. The molecule has 0 bridgehead atoms. The molecule has 0 unspecified atom stereocenters. The van der Waals surface area contributed by atoms with Gasteiger partial charge in [-0.2, -0.15) is 5.10 Å². The van der Waals surface area contributed by atoms with Crippen molar-refractivity contribution in [3.8, 4) is 0 Å². The minimum Gasteiger partial charge on any atom is -0.298 e. The van der Waals surface area contributed by atoms with Crippen molar-refractivity contribution in [1.29, 1.82) is 0 Å². The summed E-state index contributed by atoms with van der Waals surface area (Å²) >= 11 is 0.966. The van der Waals surface area contributed by atoms with E-state index in [0.29, 0.717) is 10.4 Å². The van der Waals surface area contributed by atoms with Crippen molar-refractivity contribution in [2.24, 2.45) is 7.05 Å². The highest BCUT2D eigenvalue weighted by molar-refractivity contribution is 7.91. The molecule has 1 N–H and O–H groups in total. The normalized spacial score (nSPS) is 16.9. The number of fused-ring (bicyclic) bond motifs is 2. The molecule has 6 rings (SSSR count). The van der Waals surface area contributed by atoms with Crippen molar-refractivity contribution in [3.63, 3.8) is 0 Å². The van der Waals surface area contributed by atoms with Crippen molar-refractivity contribution < 1.29 is 8.42 Å². The average molecular weight is 541 g/mol. The van der Waals surface area contributed by atoms with Crippen LogP contribution in [0.1, 0.15) is 42.0 Å². The molecule has 0 amide bonds. The lowest BCUT2D eigenvalue weighted by Gasteiger charge is -2.12. The summed E-state index contributed by atoms with van der Waals surface area (Å²) in [7, 11) is -0.00543. The number of hydrogen-bond donors (Lipinski definition) is 1. The maximum Gasteiger partial charge on any atom is 0.332 e. The molecule has 0 atom stereocenters. The zero-order valence-corrected chi connectivity index (χ0v) is 22.5. The maximum atomic E-state index is 13.7. The van der Waals surface area contributed by atoms with Gasteiger partial charge in [-0.05, 0) is 49.6 Å². The number of sulfonamides is 1. The molecule has 37 heavy (non-hydrogen) atoms. The van der Waals surface area contributed by atoms with Crippen LogP contribution in [0.4, 0.5) is 0 Å². The van der Waals surface area contributed by atoms with Crippen LogP contribution >= 0.6 is 11.3 Å². The van der Waals surface area contributed by atoms with Crippen LogP contribution in [-0.4, -0.2) is 44.8 Å². The van der Waals surface area contributed by atoms with E-state index in [0.717, 1.165) is 42.8 Å². The highest BCUT2D eigenvalue weighted by Gasteiger charge is 2.41. The highest BCUT2D eigenvalue weighted by Crippen LogP contribution is 2.37. The molecule has 0 radical (unpaired) electrons. The zero-order chi connectivity index (χ0) is 26.1. The second-order valence-electron chi connectivity index (χ2n) is 10.5. The Morgan fingerprint density at radius 3 is 2.46 bits per heavy atom. The van der Waals surface area contributed by atoms with E-state index in [2.05, 4.69) is 33.9 Å². The molecule has 4 heterocycles. The molecule has 1 aromatic carbocycles. The highest BCUT2D eigenvalue weighted by atomic mass is 32.2. The summed E-state index contributed by atoms with van der Waals surface area (Å²) in [4.78, 5) is 29.8. The Labute approximate surface area is 217 Å². The van der Waals surface area contributed by atoms with Crippen LogP contribution < -0.4 is 16.0 Å². The van der Waals surface area contributed by atoms with Gasteiger partial charge >= 0.3 is 5.69 Å². The number of nitrogens with one attached hydrogen (secondary N) is 1. The third kappa shape index (κ3) is 4.48. The summed E-state index contributed by atoms with van der Waals surface area (Å²) < 4.78 is 33.4. The van der Waals surface area contributed by atoms with Gasteiger partial charge in [-0.3, -0.25) is 23.5 Å². The van der Waals surface area contributed by atoms with Gasteiger partial charge < -0.3 is 0 Å². The topological polar surface area (TPSA) is 111 Å². The van der Waals surface area contributed by atoms with E-state index in [1.165, 1.54) is 26.3 Å². The number of aromatic nitrogens is 4. The second-order valence-corrected chi connectivity index (χ2v) is 13.4. The SMILES string of the molecule is CN1Cc2ccc(Cn3c(=O)n(Cc4cnn(C)c4)c(=O)c4cc(S(=O)(=O)NC5(C)CC5)sc43)cc2C1. The Bertz CT molecular complexity index is 1770. The number of benzene rings is 1. The molecular weight excluding hydrogens is 512 g/mol. The first-order chi connectivity index (χ1) is 17.5. The second kappa shape index (κ2) is 8.48. The predicted molar refractivity (Wildman–Crippen MR) is 141 cm³/mol. The summed E-state index contributed by atoms with van der Waals surface area (Å²) in [6, 6.07) is 7.57. The number of aryl methyl sites for hydroxylation is 1. The van der Waals surface area contributed by atoms with E-state index in [1.54, 1.807) is 24.1 Å². The Morgan fingerprint density at radius 2 is 1.76 bits per heavy atom. The van der Waals surface area contributed by atoms with Gasteiger partial charge in [0.05, 0.1) is 24.7 Å². The lowest BCUT2D eigenvalue weighted by atomic mass is 10.1. The molecule has 2 aliphatic rings. The third-order valence-corrected chi connectivity index (χ3v) is 10.4. The summed E-state index contributed by atoms with van der Waals surface area (Å²) in [5.41, 5.74) is 2.66. The lowest BCUT2D eigenvalue weighted by molar-refractivity contribution is 0.353. The summed E-state index contributed by atoms with van der Waals surface area (Å²) in [5.74, 6) is 0. The third-order valence-electron chi connectivity index (χ3n) is 7.11. The number of rotatable bonds is 7. The van der Waals surface area contributed by atoms with Crippen LogP contribution in [0.3, 0.4) is 0 Å². The molecule has 10 nitrogen and oxygen atoms in total. The molecule has 0 saturated heterocycles. The first kappa shape index (κ1) is 24.3. The van der Waals surface area contributed by atoms with Crippen LogP contribution in [0.25, 0.3) is 10.2 Å². The lowest BCUT2D eigenvalue weighted by Crippen LogP contribution is -2.40. The Balaban J connectivity index is 1.50. The fourth-order valence-corrected chi connectivity index (χ4v) is 7.79. The van der Waals surface area contributed by atoms with Crippen molar-refractivity contribution in [2.75, 3.05) is 7.05 Å². The molecule has 0 spiro atoms. The van der Waals surface area contributed by atoms with Crippen molar-refractivity contribution in [3.05, 3.63) is 79.8 Å². The molecular formula is C25H28N6O4S2. The molecule has 1 aliphatic carbocycles. The maximum absolute atomic E-state index is 13.7. The van der Waals surface area contributed by atoms with Crippen LogP contribution in [0.5, 0.6) is 0 Å². The fourth-order valence-electron chi connectivity index (χ4n) is 4.89. The van der Waals surface area contributed by atoms with Crippen LogP contribution in [0.2, 0.25) is 0 Å². The summed E-state index contributed by atoms with van der Waals surface area (Å²) in [6.07, 6.45) is 4.91. The Kier molecular flexibility index (Phi) is 5.57. The van der Waals surface area contributed by atoms with E-state index < -0.39 is 26.8 Å². The molecule has 1 aliphatic heterocycles. The van der Waals surface area contributed by atoms with E-state index in [4.69, 9.17) is 0 Å². The van der Waals surface area contributed by atoms with Gasteiger partial charge in [-0.15, -0.1) is 11.3 Å². The number of thiophene rings is 1. The molecule has 4 aromatic rings. The quantitative estimate of drug-likeness (QED) is 0.383. The smallest absolute Gasteiger partial charge is 0.298 e. The summed E-state index contributed by atoms with van der Waals surface area (Å²) in [6.45, 7) is 3.85. The van der Waals surface area contributed by atoms with E-state index >= 15 is 0 Å². The average Bonchev–Trinajstić information content (AvgIpc) is 3.20. The Morgan fingerprint density at radius 1 is 1.03 bits per heavy atom. The first-order valence-corrected chi connectivity index (χ1v) is 14.4. The van der Waals surface area contributed by atoms with Crippen molar-refractivity contribution in [2.45, 2.75) is 55.7 Å². The fraction of sp³-hybridized carbons (Fsp3) is 0.400. The van der Waals surface area contributed by atoms with Crippen LogP contribution in [0.15, 0.2) is 50.5 Å². The van der Waals surface area contributed by atoms with Gasteiger partial charge in [0.1, 0.15) is 9.04 Å². The van der Waals surface area contributed by atoms with E-state index in [-0.39, 0.29) is 22.7 Å². The standard InChI is InChI=1S/C25H28N6O4S2/c1-25(6-7-25)27-37(34,35)21-9-20-22(32)30(13-17-10-26-29(3)11-17)24(33)31(23(20)36-21)12-16-4-5-18-14-28(2)15-19(18)8-16/h4-5,8-11,27H,6-7,12-15H2,1-3H3. The van der Waals surface area contributed by atoms with Gasteiger partial charge in [0, 0.05) is 37.4 Å². The first-order valence-electron chi connectivity index (χ1n) is 12.1. The van der Waals surface area contributed by atoms with Gasteiger partial charge in [0.15, 0.2) is 0 Å². The largest absolute Gasteiger partial charge is 0.332 e. The van der Waals surface area contributed by atoms with Crippen LogP contribution in [0, 0.1) is 0 Å². The monoisotopic (exact) mass is 540 g/mol. The van der Waals surface area contributed by atoms with E-state index in [9.17, 15) is 18.0 Å². The Hall–Kier alpha value is -3.06. The number of hydrogen-bond acceptors (Lipinski definition) is 7. The molecule has 3 aromatic heterocycles. The zero-order valence-electron chi connectivity index (χ0n) is 20.9. The van der Waals surface area contributed by atoms with E-state index in [1.807, 2.05) is 13.0 Å². The van der Waals surface area contributed by atoms with Crippen molar-refractivity contribution in [1.82, 2.24) is 28.5 Å². The van der Waals surface area contributed by atoms with Gasteiger partial charge in [-0.25, -0.2) is 17.9 Å². The molecule has 1 saturated carbocycles. The van der Waals surface area contributed by atoms with Gasteiger partial charge in [0.2, 0.25) is 0 Å². The van der Waals surface area contributed by atoms with Crippen LogP contribution in [-0.2, 0) is 43.2 Å². The number of nitrogens with zero attached hydrogens (tertiary/aromatic N) is 5.